The van der Waals surface area contributed by atoms with Gasteiger partial charge in [0.25, 0.3) is 0 Å². The predicted molar refractivity (Wildman–Crippen MR) is 67.7 cm³/mol. The fourth-order valence-corrected chi connectivity index (χ4v) is 1.04. The van der Waals surface area contributed by atoms with Crippen molar-refractivity contribution in [3.05, 3.63) is 0 Å². The molecule has 0 aromatic rings. The average molecular weight is 246 g/mol. The topological polar surface area (TPSA) is 52.6 Å². The molecular formula is C13H26O4. The Balaban J connectivity index is 0. The van der Waals surface area contributed by atoms with E-state index < -0.39 is 0 Å². The lowest BCUT2D eigenvalue weighted by molar-refractivity contribution is -0.141. The molecule has 0 amide bonds. The van der Waals surface area contributed by atoms with Gasteiger partial charge in [-0.1, -0.05) is 33.1 Å². The van der Waals surface area contributed by atoms with E-state index in [4.69, 9.17) is 0 Å². The van der Waals surface area contributed by atoms with Crippen molar-refractivity contribution in [2.24, 2.45) is 0 Å². The van der Waals surface area contributed by atoms with Gasteiger partial charge in [0, 0.05) is 12.8 Å². The van der Waals surface area contributed by atoms with Crippen LogP contribution in [0.3, 0.4) is 0 Å². The number of hydrogen-bond acceptors (Lipinski definition) is 4. The van der Waals surface area contributed by atoms with Crippen LogP contribution in [0.2, 0.25) is 0 Å². The first-order chi connectivity index (χ1) is 8.12. The molecule has 0 saturated heterocycles. The molecule has 0 aliphatic heterocycles. The Hall–Kier alpha value is -1.06. The third-order valence-electron chi connectivity index (χ3n) is 2.17. The molecule has 0 aliphatic rings. The minimum absolute atomic E-state index is 0.0940. The molecule has 0 atom stereocenters. The highest BCUT2D eigenvalue weighted by Gasteiger charge is 1.96. The summed E-state index contributed by atoms with van der Waals surface area (Å²) in [5.41, 5.74) is 0. The number of rotatable bonds is 7. The lowest BCUT2D eigenvalue weighted by Gasteiger charge is -1.95. The van der Waals surface area contributed by atoms with Crippen LogP contribution in [-0.4, -0.2) is 26.2 Å². The fourth-order valence-electron chi connectivity index (χ4n) is 1.04. The largest absolute Gasteiger partial charge is 0.469 e. The van der Waals surface area contributed by atoms with Crippen LogP contribution in [0.1, 0.15) is 58.8 Å². The van der Waals surface area contributed by atoms with Gasteiger partial charge in [-0.25, -0.2) is 0 Å². The molecule has 0 saturated carbocycles. The lowest BCUT2D eigenvalue weighted by Crippen LogP contribution is -1.98. The highest BCUT2D eigenvalue weighted by atomic mass is 16.5. The minimum Gasteiger partial charge on any atom is -0.469 e. The fraction of sp³-hybridized carbons (Fsp3) is 0.846. The maximum absolute atomic E-state index is 10.5. The molecule has 4 heteroatoms. The maximum Gasteiger partial charge on any atom is 0.305 e. The molecule has 0 aliphatic carbocycles. The summed E-state index contributed by atoms with van der Waals surface area (Å²) < 4.78 is 8.87. The molecule has 4 nitrogen and oxygen atoms in total. The quantitative estimate of drug-likeness (QED) is 0.511. The van der Waals surface area contributed by atoms with Crippen LogP contribution in [0.4, 0.5) is 0 Å². The molecule has 0 fully saturated rings. The zero-order chi connectivity index (χ0) is 13.5. The Bertz CT molecular complexity index is 190. The average Bonchev–Trinajstić information content (AvgIpc) is 2.36. The summed E-state index contributed by atoms with van der Waals surface area (Å²) in [5, 5.41) is 0. The molecule has 0 N–H and O–H groups in total. The monoisotopic (exact) mass is 246 g/mol. The molecule has 0 aromatic carbocycles. The van der Waals surface area contributed by atoms with Crippen LogP contribution in [-0.2, 0) is 19.1 Å². The first-order valence-electron chi connectivity index (χ1n) is 6.25. The Kier molecular flexibility index (Phi) is 16.1. The molecular weight excluding hydrogens is 220 g/mol. The van der Waals surface area contributed by atoms with Gasteiger partial charge in [-0.3, -0.25) is 9.59 Å². The molecule has 0 spiro atoms. The van der Waals surface area contributed by atoms with Gasteiger partial charge in [0.2, 0.25) is 0 Å². The van der Waals surface area contributed by atoms with Gasteiger partial charge < -0.3 is 9.47 Å². The number of esters is 2. The Labute approximate surface area is 105 Å². The van der Waals surface area contributed by atoms with Crippen molar-refractivity contribution >= 4 is 11.9 Å². The van der Waals surface area contributed by atoms with Crippen LogP contribution < -0.4 is 0 Å². The van der Waals surface area contributed by atoms with E-state index >= 15 is 0 Å². The minimum atomic E-state index is -0.105. The van der Waals surface area contributed by atoms with Crippen LogP contribution in [0, 0.1) is 0 Å². The third-order valence-corrected chi connectivity index (χ3v) is 2.17. The smallest absolute Gasteiger partial charge is 0.305 e. The van der Waals surface area contributed by atoms with E-state index in [2.05, 4.69) is 16.4 Å². The SMILES string of the molecule is CCCCC(=O)OC.CCCCCC(=O)OC. The van der Waals surface area contributed by atoms with Crippen molar-refractivity contribution in [3.8, 4) is 0 Å². The summed E-state index contributed by atoms with van der Waals surface area (Å²) in [7, 11) is 2.84. The van der Waals surface area contributed by atoms with Gasteiger partial charge in [0.05, 0.1) is 14.2 Å². The Morgan fingerprint density at radius 1 is 0.765 bits per heavy atom. The van der Waals surface area contributed by atoms with Crippen LogP contribution in [0.15, 0.2) is 0 Å². The van der Waals surface area contributed by atoms with E-state index in [9.17, 15) is 9.59 Å². The van der Waals surface area contributed by atoms with Gasteiger partial charge >= 0.3 is 11.9 Å². The molecule has 102 valence electrons. The van der Waals surface area contributed by atoms with E-state index in [1.165, 1.54) is 14.2 Å². The van der Waals surface area contributed by atoms with Gasteiger partial charge in [0.15, 0.2) is 0 Å². The zero-order valence-electron chi connectivity index (χ0n) is 11.6. The number of unbranched alkanes of at least 4 members (excludes halogenated alkanes) is 3. The summed E-state index contributed by atoms with van der Waals surface area (Å²) >= 11 is 0. The predicted octanol–water partition coefficient (Wildman–Crippen LogP) is 3.09. The second kappa shape index (κ2) is 14.9. The number of ether oxygens (including phenoxy) is 2. The van der Waals surface area contributed by atoms with E-state index in [1.807, 2.05) is 6.92 Å². The van der Waals surface area contributed by atoms with E-state index in [0.29, 0.717) is 12.8 Å². The van der Waals surface area contributed by atoms with E-state index in [-0.39, 0.29) is 11.9 Å². The molecule has 17 heavy (non-hydrogen) atoms. The molecule has 0 radical (unpaired) electrons. The number of carbonyl (C=O) groups excluding carboxylic acids is 2. The Morgan fingerprint density at radius 2 is 1.18 bits per heavy atom. The van der Waals surface area contributed by atoms with Crippen molar-refractivity contribution < 1.29 is 19.1 Å². The normalized spacial score (nSPS) is 8.94. The molecule has 0 rings (SSSR count). The summed E-state index contributed by atoms with van der Waals surface area (Å²) in [6.07, 6.45) is 6.36. The maximum atomic E-state index is 10.5. The lowest BCUT2D eigenvalue weighted by atomic mass is 10.2. The van der Waals surface area contributed by atoms with E-state index in [0.717, 1.165) is 32.1 Å². The molecule has 0 bridgehead atoms. The highest BCUT2D eigenvalue weighted by molar-refractivity contribution is 5.69. The second-order valence-electron chi connectivity index (χ2n) is 3.71. The first-order valence-corrected chi connectivity index (χ1v) is 6.25. The van der Waals surface area contributed by atoms with Crippen molar-refractivity contribution in [2.45, 2.75) is 58.8 Å². The van der Waals surface area contributed by atoms with Crippen molar-refractivity contribution in [1.29, 1.82) is 0 Å². The summed E-state index contributed by atoms with van der Waals surface area (Å²) in [4.78, 5) is 20.8. The van der Waals surface area contributed by atoms with Crippen molar-refractivity contribution in [1.82, 2.24) is 0 Å². The summed E-state index contributed by atoms with van der Waals surface area (Å²) in [6.45, 7) is 4.15. The van der Waals surface area contributed by atoms with Gasteiger partial charge in [-0.15, -0.1) is 0 Å². The molecule has 0 heterocycles. The second-order valence-corrected chi connectivity index (χ2v) is 3.71. The van der Waals surface area contributed by atoms with Crippen molar-refractivity contribution in [2.75, 3.05) is 14.2 Å². The third kappa shape index (κ3) is 17.5. The number of methoxy groups -OCH3 is 2. The first kappa shape index (κ1) is 18.3. The zero-order valence-corrected chi connectivity index (χ0v) is 11.6. The Morgan fingerprint density at radius 3 is 1.53 bits per heavy atom. The van der Waals surface area contributed by atoms with Crippen LogP contribution in [0.25, 0.3) is 0 Å². The molecule has 0 unspecified atom stereocenters. The van der Waals surface area contributed by atoms with Gasteiger partial charge in [-0.05, 0) is 12.8 Å². The van der Waals surface area contributed by atoms with Crippen LogP contribution >= 0.6 is 0 Å². The van der Waals surface area contributed by atoms with Gasteiger partial charge in [0.1, 0.15) is 0 Å². The molecule has 0 aromatic heterocycles. The van der Waals surface area contributed by atoms with Crippen molar-refractivity contribution in [3.63, 3.8) is 0 Å². The number of carbonyl (C=O) groups is 2. The van der Waals surface area contributed by atoms with Crippen LogP contribution in [0.5, 0.6) is 0 Å². The number of hydrogen-bond donors (Lipinski definition) is 0. The summed E-state index contributed by atoms with van der Waals surface area (Å²) in [5.74, 6) is -0.199. The summed E-state index contributed by atoms with van der Waals surface area (Å²) in [6, 6.07) is 0. The standard InChI is InChI=1S/C7H14O2.C6H12O2/c1-3-4-5-6-7(8)9-2;1-3-4-5-6(7)8-2/h3-6H2,1-2H3;3-5H2,1-2H3. The van der Waals surface area contributed by atoms with E-state index in [1.54, 1.807) is 0 Å². The highest BCUT2D eigenvalue weighted by Crippen LogP contribution is 1.99. The van der Waals surface area contributed by atoms with Gasteiger partial charge in [-0.2, -0.15) is 0 Å².